The Bertz CT molecular complexity index is 1710. The van der Waals surface area contributed by atoms with Gasteiger partial charge in [0.25, 0.3) is 0 Å². The van der Waals surface area contributed by atoms with Gasteiger partial charge in [-0.25, -0.2) is 22.0 Å². The molecule has 3 heterocycles. The highest BCUT2D eigenvalue weighted by Gasteiger charge is 2.53. The van der Waals surface area contributed by atoms with E-state index in [1.54, 1.807) is 48.5 Å². The minimum absolute atomic E-state index is 0.0325. The maximum Gasteiger partial charge on any atom is 0.397 e. The van der Waals surface area contributed by atoms with Gasteiger partial charge in [0.1, 0.15) is 35.5 Å². The number of thioether (sulfide) groups is 1. The van der Waals surface area contributed by atoms with E-state index in [0.717, 1.165) is 28.4 Å². The van der Waals surface area contributed by atoms with Gasteiger partial charge in [0.15, 0.2) is 23.7 Å². The second-order valence-corrected chi connectivity index (χ2v) is 12.7. The molecule has 2 aliphatic heterocycles. The summed E-state index contributed by atoms with van der Waals surface area (Å²) in [6.07, 6.45) is -2.79. The molecule has 2 saturated heterocycles. The lowest BCUT2D eigenvalue weighted by Crippen LogP contribution is -2.59. The van der Waals surface area contributed by atoms with Crippen LogP contribution in [0.2, 0.25) is 0 Å². The summed E-state index contributed by atoms with van der Waals surface area (Å²) in [6.45, 7) is 0.0325. The van der Waals surface area contributed by atoms with Gasteiger partial charge < -0.3 is 14.2 Å². The van der Waals surface area contributed by atoms with Crippen LogP contribution < -0.4 is 0 Å². The predicted molar refractivity (Wildman–Crippen MR) is 149 cm³/mol. The lowest BCUT2D eigenvalue weighted by atomic mass is 9.96. The summed E-state index contributed by atoms with van der Waals surface area (Å²) in [5.41, 5.74) is -0.548. The fourth-order valence-corrected chi connectivity index (χ4v) is 7.20. The van der Waals surface area contributed by atoms with Crippen molar-refractivity contribution in [3.05, 3.63) is 100 Å². The van der Waals surface area contributed by atoms with E-state index in [0.29, 0.717) is 10.5 Å². The molecule has 0 saturated carbocycles. The summed E-state index contributed by atoms with van der Waals surface area (Å²) in [6, 6.07) is 16.5. The summed E-state index contributed by atoms with van der Waals surface area (Å²) < 4.78 is 101. The third-order valence-corrected chi connectivity index (χ3v) is 8.85. The number of aromatic nitrogens is 3. The van der Waals surface area contributed by atoms with E-state index in [1.807, 2.05) is 6.07 Å². The maximum atomic E-state index is 14.0. The normalized spacial score (nSPS) is 25.8. The van der Waals surface area contributed by atoms with Crippen molar-refractivity contribution < 1.29 is 44.5 Å². The number of fused-ring (bicyclic) bond motifs is 1. The van der Waals surface area contributed by atoms with Crippen LogP contribution in [0.5, 0.6) is 0 Å². The highest BCUT2D eigenvalue weighted by atomic mass is 79.9. The molecule has 1 aromatic heterocycles. The van der Waals surface area contributed by atoms with Gasteiger partial charge in [-0.1, -0.05) is 69.3 Å². The molecule has 43 heavy (non-hydrogen) atoms. The molecular formula is C27H21BrF3N3O7S2. The Morgan fingerprint density at radius 2 is 1.77 bits per heavy atom. The number of ether oxygens (including phenoxy) is 3. The first-order valence-corrected chi connectivity index (χ1v) is 15.7. The zero-order valence-electron chi connectivity index (χ0n) is 21.7. The summed E-state index contributed by atoms with van der Waals surface area (Å²) in [5, 5.41) is 8.09. The second kappa shape index (κ2) is 12.3. The largest absolute Gasteiger partial charge is 0.397 e. The van der Waals surface area contributed by atoms with Crippen LogP contribution in [0.15, 0.2) is 82.3 Å². The zero-order chi connectivity index (χ0) is 30.3. The minimum atomic E-state index is -5.05. The Morgan fingerprint density at radius 3 is 2.47 bits per heavy atom. The van der Waals surface area contributed by atoms with Gasteiger partial charge in [-0.3, -0.25) is 4.55 Å². The fraction of sp³-hybridized carbons (Fsp3) is 0.259. The van der Waals surface area contributed by atoms with Crippen LogP contribution in [-0.2, 0) is 28.8 Å². The Morgan fingerprint density at radius 1 is 1.02 bits per heavy atom. The van der Waals surface area contributed by atoms with Crippen molar-refractivity contribution in [2.45, 2.75) is 41.0 Å². The van der Waals surface area contributed by atoms with E-state index >= 15 is 0 Å². The molecule has 0 spiro atoms. The molecule has 0 bridgehead atoms. The molecule has 6 rings (SSSR count). The summed E-state index contributed by atoms with van der Waals surface area (Å²) in [7, 11) is -5.05. The van der Waals surface area contributed by atoms with Crippen molar-refractivity contribution in [3.63, 3.8) is 0 Å². The molecule has 10 nitrogen and oxygen atoms in total. The van der Waals surface area contributed by atoms with Gasteiger partial charge in [0, 0.05) is 20.5 Å². The van der Waals surface area contributed by atoms with Gasteiger partial charge in [-0.15, -0.1) is 5.10 Å². The minimum Gasteiger partial charge on any atom is -0.356 e. The van der Waals surface area contributed by atoms with Crippen LogP contribution in [0.3, 0.4) is 0 Å². The quantitative estimate of drug-likeness (QED) is 0.196. The Balaban J connectivity index is 1.43. The van der Waals surface area contributed by atoms with Gasteiger partial charge in [0.05, 0.1) is 12.8 Å². The average Bonchev–Trinajstić information content (AvgIpc) is 3.45. The fourth-order valence-electron chi connectivity index (χ4n) is 4.92. The summed E-state index contributed by atoms with van der Waals surface area (Å²) >= 11 is 4.52. The molecule has 226 valence electrons. The molecule has 0 aliphatic carbocycles. The predicted octanol–water partition coefficient (Wildman–Crippen LogP) is 5.49. The van der Waals surface area contributed by atoms with Gasteiger partial charge in [-0.05, 0) is 30.3 Å². The topological polar surface area (TPSA) is 122 Å². The number of rotatable bonds is 7. The smallest absolute Gasteiger partial charge is 0.356 e. The third-order valence-electron chi connectivity index (χ3n) is 6.76. The van der Waals surface area contributed by atoms with E-state index in [-0.39, 0.29) is 17.9 Å². The molecule has 0 radical (unpaired) electrons. The molecule has 16 heteroatoms. The number of nitrogens with zero attached hydrogens (tertiary/aromatic N) is 3. The molecule has 2 aliphatic rings. The molecule has 3 aromatic carbocycles. The van der Waals surface area contributed by atoms with Crippen LogP contribution in [0.4, 0.5) is 13.2 Å². The van der Waals surface area contributed by atoms with Crippen LogP contribution in [-0.4, -0.2) is 58.3 Å². The van der Waals surface area contributed by atoms with Gasteiger partial charge in [-0.2, -0.15) is 8.42 Å². The lowest BCUT2D eigenvalue weighted by molar-refractivity contribution is -0.304. The van der Waals surface area contributed by atoms with Crippen LogP contribution in [0.25, 0.3) is 11.3 Å². The maximum absolute atomic E-state index is 14.0. The van der Waals surface area contributed by atoms with Crippen molar-refractivity contribution in [3.8, 4) is 11.3 Å². The second-order valence-electron chi connectivity index (χ2n) is 9.61. The summed E-state index contributed by atoms with van der Waals surface area (Å²) in [4.78, 5) is 0.678. The first-order valence-electron chi connectivity index (χ1n) is 12.7. The van der Waals surface area contributed by atoms with E-state index in [9.17, 15) is 26.1 Å². The van der Waals surface area contributed by atoms with Crippen molar-refractivity contribution >= 4 is 38.1 Å². The zero-order valence-corrected chi connectivity index (χ0v) is 24.9. The molecular weight excluding hydrogens is 679 g/mol. The standard InChI is InChI=1S/C27H21BrF3N3O7S2/c28-16-7-4-8-17(11-16)42-27-25(41-43(35,36)37)23(24-21(39-27)13-38-26(40-24)14-5-2-1-3-6-14)34-12-20(32-33-34)15-9-18(29)22(31)19(30)10-15/h1-12,21,23-27H,13H2,(H,35,36,37). The molecule has 6 atom stereocenters. The number of hydrogen-bond donors (Lipinski definition) is 1. The van der Waals surface area contributed by atoms with Crippen molar-refractivity contribution in [2.75, 3.05) is 6.61 Å². The van der Waals surface area contributed by atoms with Crippen molar-refractivity contribution in [1.29, 1.82) is 0 Å². The molecule has 2 fully saturated rings. The summed E-state index contributed by atoms with van der Waals surface area (Å²) in [5.74, 6) is -4.49. The SMILES string of the molecule is O=S(=O)(O)OC1C(Sc2cccc(Br)c2)OC2COC(c3ccccc3)OC2C1n1cc(-c2cc(F)c(F)c(F)c2)nn1. The molecule has 0 amide bonds. The van der Waals surface area contributed by atoms with Gasteiger partial charge >= 0.3 is 10.4 Å². The average molecular weight is 701 g/mol. The van der Waals surface area contributed by atoms with E-state index < -0.39 is 63.9 Å². The van der Waals surface area contributed by atoms with Crippen molar-refractivity contribution in [1.82, 2.24) is 15.0 Å². The highest BCUT2D eigenvalue weighted by Crippen LogP contribution is 2.45. The van der Waals surface area contributed by atoms with E-state index in [1.165, 1.54) is 10.9 Å². The Hall–Kier alpha value is -2.83. The monoisotopic (exact) mass is 699 g/mol. The first-order chi connectivity index (χ1) is 20.6. The molecule has 1 N–H and O–H groups in total. The molecule has 4 aromatic rings. The number of halogens is 4. The highest BCUT2D eigenvalue weighted by molar-refractivity contribution is 9.10. The van der Waals surface area contributed by atoms with Crippen molar-refractivity contribution in [2.24, 2.45) is 0 Å². The first kappa shape index (κ1) is 30.2. The van der Waals surface area contributed by atoms with Crippen LogP contribution in [0, 0.1) is 17.5 Å². The lowest BCUT2D eigenvalue weighted by Gasteiger charge is -2.48. The number of benzene rings is 3. The van der Waals surface area contributed by atoms with E-state index in [4.69, 9.17) is 18.4 Å². The van der Waals surface area contributed by atoms with Gasteiger partial charge in [0.2, 0.25) is 0 Å². The Kier molecular flexibility index (Phi) is 8.63. The van der Waals surface area contributed by atoms with E-state index in [2.05, 4.69) is 26.2 Å². The van der Waals surface area contributed by atoms with Crippen LogP contribution in [0.1, 0.15) is 17.9 Å². The Labute approximate surface area is 256 Å². The molecule has 6 unspecified atom stereocenters. The third kappa shape index (κ3) is 6.66. The van der Waals surface area contributed by atoms with Crippen LogP contribution >= 0.6 is 27.7 Å². The number of hydrogen-bond acceptors (Lipinski definition) is 9.